The first-order valence-electron chi connectivity index (χ1n) is 14.6. The van der Waals surface area contributed by atoms with Gasteiger partial charge in [-0.25, -0.2) is 4.79 Å². The minimum Gasteiger partial charge on any atom is -0.444 e. The number of nitrogens with zero attached hydrogens (tertiary/aromatic N) is 2. The number of alkyl carbamates (subject to hydrolysis) is 1. The van der Waals surface area contributed by atoms with Gasteiger partial charge in [0.05, 0.1) is 24.9 Å². The van der Waals surface area contributed by atoms with Crippen molar-refractivity contribution in [1.29, 1.82) is 0 Å². The summed E-state index contributed by atoms with van der Waals surface area (Å²) in [7, 11) is 0. The average molecular weight is 615 g/mol. The number of morpholine rings is 1. The topological polar surface area (TPSA) is 94.1 Å². The lowest BCUT2D eigenvalue weighted by Gasteiger charge is -2.29. The lowest BCUT2D eigenvalue weighted by Crippen LogP contribution is -2.41. The van der Waals surface area contributed by atoms with Crippen molar-refractivity contribution < 1.29 is 37.0 Å². The van der Waals surface area contributed by atoms with Crippen LogP contribution in [0.3, 0.4) is 0 Å². The summed E-state index contributed by atoms with van der Waals surface area (Å²) >= 11 is 0. The quantitative estimate of drug-likeness (QED) is 0.336. The Hall–Kier alpha value is -4.03. The number of carbonyl (C=O) groups is 2. The Kier molecular flexibility index (Phi) is 9.21. The van der Waals surface area contributed by atoms with Gasteiger partial charge in [0.25, 0.3) is 5.91 Å². The second kappa shape index (κ2) is 12.9. The molecule has 0 spiro atoms. The first-order valence-corrected chi connectivity index (χ1v) is 14.6. The van der Waals surface area contributed by atoms with Gasteiger partial charge in [0, 0.05) is 38.3 Å². The SMILES string of the molecule is CC(C)(C)OC(=O)NCC[C@H]1CNC(=O)c2cc(-c3cccc(OC(F)(F)F)c3)c(-c3ccc(CN4CCOCC4)cc3)n21. The predicted octanol–water partition coefficient (Wildman–Crippen LogP) is 5.75. The van der Waals surface area contributed by atoms with Crippen LogP contribution in [0.15, 0.2) is 54.6 Å². The molecule has 0 radical (unpaired) electrons. The molecule has 236 valence electrons. The number of halogens is 3. The van der Waals surface area contributed by atoms with Gasteiger partial charge in [0.2, 0.25) is 0 Å². The third-order valence-corrected chi connectivity index (χ3v) is 7.39. The zero-order chi connectivity index (χ0) is 31.5. The van der Waals surface area contributed by atoms with E-state index in [2.05, 4.69) is 20.3 Å². The van der Waals surface area contributed by atoms with Gasteiger partial charge in [-0.05, 0) is 62.1 Å². The van der Waals surface area contributed by atoms with E-state index < -0.39 is 18.1 Å². The van der Waals surface area contributed by atoms with Crippen LogP contribution in [0.1, 0.15) is 49.3 Å². The molecule has 2 aromatic carbocycles. The molecule has 0 saturated carbocycles. The highest BCUT2D eigenvalue weighted by atomic mass is 19.4. The maximum absolute atomic E-state index is 13.1. The van der Waals surface area contributed by atoms with Crippen LogP contribution in [0.2, 0.25) is 0 Å². The largest absolute Gasteiger partial charge is 0.573 e. The number of aromatic nitrogens is 1. The number of fused-ring (bicyclic) bond motifs is 1. The Labute approximate surface area is 254 Å². The van der Waals surface area contributed by atoms with E-state index in [1.54, 1.807) is 32.9 Å². The molecule has 1 aromatic heterocycles. The van der Waals surface area contributed by atoms with E-state index in [4.69, 9.17) is 9.47 Å². The van der Waals surface area contributed by atoms with Crippen molar-refractivity contribution in [3.05, 3.63) is 65.9 Å². The van der Waals surface area contributed by atoms with Crippen molar-refractivity contribution >= 4 is 12.0 Å². The minimum atomic E-state index is -4.84. The Morgan fingerprint density at radius 3 is 2.45 bits per heavy atom. The van der Waals surface area contributed by atoms with Gasteiger partial charge in [0.1, 0.15) is 17.0 Å². The molecule has 0 unspecified atom stereocenters. The lowest BCUT2D eigenvalue weighted by molar-refractivity contribution is -0.274. The molecular weight excluding hydrogens is 577 g/mol. The second-order valence-corrected chi connectivity index (χ2v) is 11.9. The fourth-order valence-corrected chi connectivity index (χ4v) is 5.52. The highest BCUT2D eigenvalue weighted by Gasteiger charge is 2.33. The van der Waals surface area contributed by atoms with E-state index in [0.717, 1.165) is 30.8 Å². The van der Waals surface area contributed by atoms with E-state index in [-0.39, 0.29) is 24.2 Å². The molecule has 44 heavy (non-hydrogen) atoms. The van der Waals surface area contributed by atoms with Gasteiger partial charge in [-0.15, -0.1) is 13.2 Å². The van der Waals surface area contributed by atoms with E-state index in [1.807, 2.05) is 28.8 Å². The molecule has 1 fully saturated rings. The third kappa shape index (κ3) is 7.92. The Bertz CT molecular complexity index is 1470. The summed E-state index contributed by atoms with van der Waals surface area (Å²) in [6.07, 6.45) is -4.91. The number of rotatable bonds is 8. The number of nitrogens with one attached hydrogen (secondary N) is 2. The molecule has 2 N–H and O–H groups in total. The van der Waals surface area contributed by atoms with Gasteiger partial charge in [-0.2, -0.15) is 0 Å². The molecule has 3 heterocycles. The number of carbonyl (C=O) groups excluding carboxylic acids is 2. The first-order chi connectivity index (χ1) is 20.9. The maximum Gasteiger partial charge on any atom is 0.573 e. The molecule has 2 aliphatic heterocycles. The zero-order valence-electron chi connectivity index (χ0n) is 25.0. The molecule has 3 aromatic rings. The van der Waals surface area contributed by atoms with E-state index in [9.17, 15) is 22.8 Å². The first kappa shape index (κ1) is 31.4. The molecule has 0 bridgehead atoms. The van der Waals surface area contributed by atoms with Crippen molar-refractivity contribution in [1.82, 2.24) is 20.1 Å². The highest BCUT2D eigenvalue weighted by molar-refractivity contribution is 5.98. The molecule has 9 nitrogen and oxygen atoms in total. The van der Waals surface area contributed by atoms with Crippen LogP contribution >= 0.6 is 0 Å². The van der Waals surface area contributed by atoms with Gasteiger partial charge >= 0.3 is 12.5 Å². The highest BCUT2D eigenvalue weighted by Crippen LogP contribution is 2.40. The summed E-state index contributed by atoms with van der Waals surface area (Å²) in [5, 5.41) is 5.69. The van der Waals surface area contributed by atoms with Crippen LogP contribution < -0.4 is 15.4 Å². The molecule has 2 amide bonds. The van der Waals surface area contributed by atoms with Crippen LogP contribution in [0.5, 0.6) is 5.75 Å². The second-order valence-electron chi connectivity index (χ2n) is 11.9. The van der Waals surface area contributed by atoms with Crippen molar-refractivity contribution in [2.75, 3.05) is 39.4 Å². The van der Waals surface area contributed by atoms with Crippen molar-refractivity contribution in [3.63, 3.8) is 0 Å². The van der Waals surface area contributed by atoms with Crippen molar-refractivity contribution in [2.24, 2.45) is 0 Å². The number of hydrogen-bond donors (Lipinski definition) is 2. The van der Waals surface area contributed by atoms with Crippen LogP contribution in [0.4, 0.5) is 18.0 Å². The Morgan fingerprint density at radius 1 is 1.05 bits per heavy atom. The average Bonchev–Trinajstić information content (AvgIpc) is 3.35. The summed E-state index contributed by atoms with van der Waals surface area (Å²) in [6.45, 7) is 9.80. The van der Waals surface area contributed by atoms with E-state index in [1.165, 1.54) is 18.2 Å². The summed E-state index contributed by atoms with van der Waals surface area (Å²) in [5.74, 6) is -0.644. The smallest absolute Gasteiger partial charge is 0.444 e. The number of hydrogen-bond acceptors (Lipinski definition) is 6. The van der Waals surface area contributed by atoms with E-state index in [0.29, 0.717) is 48.7 Å². The molecule has 1 atom stereocenters. The van der Waals surface area contributed by atoms with Gasteiger partial charge < -0.3 is 29.4 Å². The number of amides is 2. The molecule has 2 aliphatic rings. The third-order valence-electron chi connectivity index (χ3n) is 7.39. The summed E-state index contributed by atoms with van der Waals surface area (Å²) in [6, 6.07) is 15.2. The van der Waals surface area contributed by atoms with Crippen molar-refractivity contribution in [3.8, 4) is 28.1 Å². The van der Waals surface area contributed by atoms with Gasteiger partial charge in [0.15, 0.2) is 0 Å². The van der Waals surface area contributed by atoms with Gasteiger partial charge in [-0.3, -0.25) is 9.69 Å². The molecule has 1 saturated heterocycles. The van der Waals surface area contributed by atoms with Crippen molar-refractivity contribution in [2.45, 2.75) is 51.7 Å². The number of ether oxygens (including phenoxy) is 3. The summed E-state index contributed by atoms with van der Waals surface area (Å²) < 4.78 is 56.1. The maximum atomic E-state index is 13.1. The fraction of sp³-hybridized carbons (Fsp3) is 0.438. The standard InChI is InChI=1S/C32H37F3N4O5/c1-31(2,3)44-30(41)36-12-11-24-19-37-29(40)27-18-26(23-5-4-6-25(17-23)43-32(33,34)35)28(39(24)27)22-9-7-21(8-10-22)20-38-13-15-42-16-14-38/h4-10,17-18,24H,11-16,19-20H2,1-3H3,(H,36,41)(H,37,40)/t24-/m0/s1. The fourth-order valence-electron chi connectivity index (χ4n) is 5.52. The Balaban J connectivity index is 1.51. The van der Waals surface area contributed by atoms with E-state index >= 15 is 0 Å². The number of benzene rings is 2. The lowest BCUT2D eigenvalue weighted by atomic mass is 9.99. The predicted molar refractivity (Wildman–Crippen MR) is 158 cm³/mol. The van der Waals surface area contributed by atoms with Crippen LogP contribution in [0.25, 0.3) is 22.4 Å². The minimum absolute atomic E-state index is 0.246. The van der Waals surface area contributed by atoms with Gasteiger partial charge in [-0.1, -0.05) is 36.4 Å². The normalized spacial score (nSPS) is 17.5. The van der Waals surface area contributed by atoms with Crippen LogP contribution in [-0.4, -0.2) is 72.8 Å². The number of alkyl halides is 3. The van der Waals surface area contributed by atoms with Crippen LogP contribution in [0, 0.1) is 0 Å². The molecular formula is C32H37F3N4O5. The molecule has 5 rings (SSSR count). The summed E-state index contributed by atoms with van der Waals surface area (Å²) in [5.41, 5.74) is 3.41. The zero-order valence-corrected chi connectivity index (χ0v) is 25.0. The monoisotopic (exact) mass is 614 g/mol. The Morgan fingerprint density at radius 2 is 1.77 bits per heavy atom. The van der Waals surface area contributed by atoms with Crippen LogP contribution in [-0.2, 0) is 16.0 Å². The molecule has 0 aliphatic carbocycles. The molecule has 12 heteroatoms. The summed E-state index contributed by atoms with van der Waals surface area (Å²) in [4.78, 5) is 27.7.